The first-order valence-corrected chi connectivity index (χ1v) is 6.81. The molecule has 0 aromatic carbocycles. The third-order valence-corrected chi connectivity index (χ3v) is 4.33. The smallest absolute Gasteiger partial charge is 0.265 e. The first-order chi connectivity index (χ1) is 8.09. The van der Waals surface area contributed by atoms with Crippen LogP contribution in [0.2, 0.25) is 0 Å². The van der Waals surface area contributed by atoms with Crippen LogP contribution in [0.4, 0.5) is 0 Å². The summed E-state index contributed by atoms with van der Waals surface area (Å²) in [5, 5.41) is 9.76. The molecular formula is C12H18N2O2S. The highest BCUT2D eigenvalue weighted by Crippen LogP contribution is 2.26. The molecule has 17 heavy (non-hydrogen) atoms. The van der Waals surface area contributed by atoms with Gasteiger partial charge in [-0.1, -0.05) is 6.42 Å². The average molecular weight is 254 g/mol. The molecule has 2 atom stereocenters. The number of carbonyl (C=O) groups is 1. The number of aliphatic hydroxyl groups excluding tert-OH is 1. The lowest BCUT2D eigenvalue weighted by atomic mass is 10.1. The van der Waals surface area contributed by atoms with Crippen LogP contribution in [0.25, 0.3) is 0 Å². The molecule has 0 bridgehead atoms. The summed E-state index contributed by atoms with van der Waals surface area (Å²) < 4.78 is 0. The fraction of sp³-hybridized carbons (Fsp3) is 0.667. The monoisotopic (exact) mass is 254 g/mol. The van der Waals surface area contributed by atoms with E-state index in [-0.39, 0.29) is 17.9 Å². The van der Waals surface area contributed by atoms with Crippen molar-refractivity contribution in [1.29, 1.82) is 0 Å². The van der Waals surface area contributed by atoms with E-state index in [1.54, 1.807) is 17.5 Å². The summed E-state index contributed by atoms with van der Waals surface area (Å²) >= 11 is 1.38. The molecule has 1 fully saturated rings. The summed E-state index contributed by atoms with van der Waals surface area (Å²) in [5.41, 5.74) is 2.49. The molecule has 0 saturated heterocycles. The molecule has 1 aliphatic carbocycles. The van der Waals surface area contributed by atoms with Crippen molar-refractivity contribution in [1.82, 2.24) is 9.88 Å². The fourth-order valence-corrected chi connectivity index (χ4v) is 3.14. The van der Waals surface area contributed by atoms with Crippen molar-refractivity contribution in [3.05, 3.63) is 16.1 Å². The number of nitrogens with zero attached hydrogens (tertiary/aromatic N) is 2. The van der Waals surface area contributed by atoms with E-state index in [9.17, 15) is 9.90 Å². The molecule has 1 aromatic rings. The molecule has 1 N–H and O–H groups in total. The van der Waals surface area contributed by atoms with E-state index in [4.69, 9.17) is 0 Å². The summed E-state index contributed by atoms with van der Waals surface area (Å²) in [4.78, 5) is 18.6. The second-order valence-electron chi connectivity index (χ2n) is 4.71. The summed E-state index contributed by atoms with van der Waals surface area (Å²) in [6, 6.07) is 0. The summed E-state index contributed by atoms with van der Waals surface area (Å²) in [6.45, 7) is 2.49. The van der Waals surface area contributed by atoms with E-state index in [0.717, 1.165) is 25.0 Å². The lowest BCUT2D eigenvalue weighted by Gasteiger charge is -2.22. The Hall–Kier alpha value is -0.940. The van der Waals surface area contributed by atoms with Gasteiger partial charge < -0.3 is 10.0 Å². The van der Waals surface area contributed by atoms with Gasteiger partial charge in [-0.25, -0.2) is 4.98 Å². The van der Waals surface area contributed by atoms with Crippen LogP contribution in [-0.4, -0.2) is 40.6 Å². The molecule has 1 heterocycles. The highest BCUT2D eigenvalue weighted by atomic mass is 32.1. The third-order valence-electron chi connectivity index (χ3n) is 3.41. The van der Waals surface area contributed by atoms with Gasteiger partial charge in [-0.15, -0.1) is 11.3 Å². The number of rotatable bonds is 3. The molecule has 4 nitrogen and oxygen atoms in total. The van der Waals surface area contributed by atoms with Gasteiger partial charge in [-0.05, 0) is 19.8 Å². The maximum Gasteiger partial charge on any atom is 0.265 e. The molecule has 2 rings (SSSR count). The van der Waals surface area contributed by atoms with Crippen molar-refractivity contribution >= 4 is 17.2 Å². The Balaban J connectivity index is 1.98. The second-order valence-corrected chi connectivity index (χ2v) is 5.57. The number of hydrogen-bond acceptors (Lipinski definition) is 4. The lowest BCUT2D eigenvalue weighted by Crippen LogP contribution is -2.34. The van der Waals surface area contributed by atoms with Crippen molar-refractivity contribution in [2.24, 2.45) is 5.92 Å². The molecule has 2 unspecified atom stereocenters. The predicted molar refractivity (Wildman–Crippen MR) is 67.2 cm³/mol. The summed E-state index contributed by atoms with van der Waals surface area (Å²) in [7, 11) is 1.80. The number of amides is 1. The Morgan fingerprint density at radius 2 is 2.41 bits per heavy atom. The van der Waals surface area contributed by atoms with Gasteiger partial charge in [-0.2, -0.15) is 0 Å². The van der Waals surface area contributed by atoms with E-state index in [0.29, 0.717) is 11.4 Å². The van der Waals surface area contributed by atoms with Gasteiger partial charge in [0.15, 0.2) is 0 Å². The Bertz CT molecular complexity index is 405. The van der Waals surface area contributed by atoms with Gasteiger partial charge in [0.05, 0.1) is 17.3 Å². The number of aromatic nitrogens is 1. The first kappa shape index (κ1) is 12.5. The van der Waals surface area contributed by atoms with E-state index >= 15 is 0 Å². The summed E-state index contributed by atoms with van der Waals surface area (Å²) in [5.74, 6) is 0.251. The first-order valence-electron chi connectivity index (χ1n) is 5.93. The third kappa shape index (κ3) is 2.66. The van der Waals surface area contributed by atoms with E-state index in [2.05, 4.69) is 4.98 Å². The largest absolute Gasteiger partial charge is 0.393 e. The van der Waals surface area contributed by atoms with Gasteiger partial charge in [-0.3, -0.25) is 4.79 Å². The standard InChI is InChI=1S/C12H18N2O2S/c1-8-11(17-7-13-8)12(16)14(2)6-9-4-3-5-10(9)15/h7,9-10,15H,3-6H2,1-2H3. The number of carbonyl (C=O) groups excluding carboxylic acids is 1. The molecular weight excluding hydrogens is 236 g/mol. The van der Waals surface area contributed by atoms with E-state index in [1.807, 2.05) is 6.92 Å². The van der Waals surface area contributed by atoms with Crippen molar-refractivity contribution in [2.75, 3.05) is 13.6 Å². The van der Waals surface area contributed by atoms with Crippen LogP contribution in [0.15, 0.2) is 5.51 Å². The molecule has 0 radical (unpaired) electrons. The minimum absolute atomic E-state index is 0.0177. The zero-order valence-electron chi connectivity index (χ0n) is 10.2. The topological polar surface area (TPSA) is 53.4 Å². The zero-order valence-corrected chi connectivity index (χ0v) is 11.0. The predicted octanol–water partition coefficient (Wildman–Crippen LogP) is 1.68. The fourth-order valence-electron chi connectivity index (χ4n) is 2.35. The van der Waals surface area contributed by atoms with Crippen LogP contribution in [-0.2, 0) is 0 Å². The van der Waals surface area contributed by atoms with Gasteiger partial charge in [0.1, 0.15) is 4.88 Å². The Morgan fingerprint density at radius 3 is 2.94 bits per heavy atom. The van der Waals surface area contributed by atoms with Crippen molar-refractivity contribution in [2.45, 2.75) is 32.3 Å². The second kappa shape index (κ2) is 5.14. The van der Waals surface area contributed by atoms with Gasteiger partial charge in [0.25, 0.3) is 5.91 Å². The Morgan fingerprint density at radius 1 is 1.65 bits per heavy atom. The molecule has 5 heteroatoms. The van der Waals surface area contributed by atoms with Crippen LogP contribution in [0, 0.1) is 12.8 Å². The quantitative estimate of drug-likeness (QED) is 0.893. The average Bonchev–Trinajstić information content (AvgIpc) is 2.88. The summed E-state index contributed by atoms with van der Waals surface area (Å²) in [6.07, 6.45) is 2.70. The number of thiazole rings is 1. The van der Waals surface area contributed by atoms with Crippen LogP contribution < -0.4 is 0 Å². The van der Waals surface area contributed by atoms with Gasteiger partial charge >= 0.3 is 0 Å². The number of hydrogen-bond donors (Lipinski definition) is 1. The van der Waals surface area contributed by atoms with Crippen LogP contribution >= 0.6 is 11.3 Å². The van der Waals surface area contributed by atoms with Crippen molar-refractivity contribution < 1.29 is 9.90 Å². The van der Waals surface area contributed by atoms with E-state index < -0.39 is 0 Å². The van der Waals surface area contributed by atoms with Crippen LogP contribution in [0.5, 0.6) is 0 Å². The highest BCUT2D eigenvalue weighted by molar-refractivity contribution is 7.11. The number of aliphatic hydroxyl groups is 1. The van der Waals surface area contributed by atoms with Crippen LogP contribution in [0.1, 0.15) is 34.6 Å². The molecule has 1 aromatic heterocycles. The molecule has 94 valence electrons. The normalized spacial score (nSPS) is 23.9. The highest BCUT2D eigenvalue weighted by Gasteiger charge is 2.28. The molecule has 0 aliphatic heterocycles. The van der Waals surface area contributed by atoms with Crippen molar-refractivity contribution in [3.8, 4) is 0 Å². The molecule has 0 spiro atoms. The van der Waals surface area contributed by atoms with Crippen LogP contribution in [0.3, 0.4) is 0 Å². The maximum absolute atomic E-state index is 12.1. The molecule has 1 amide bonds. The molecule has 1 saturated carbocycles. The Labute approximate surface area is 105 Å². The SMILES string of the molecule is Cc1ncsc1C(=O)N(C)CC1CCCC1O. The van der Waals surface area contributed by atoms with Gasteiger partial charge in [0, 0.05) is 19.5 Å². The number of aryl methyl sites for hydroxylation is 1. The molecule has 1 aliphatic rings. The Kier molecular flexibility index (Phi) is 3.79. The van der Waals surface area contributed by atoms with E-state index in [1.165, 1.54) is 11.3 Å². The zero-order chi connectivity index (χ0) is 12.4. The van der Waals surface area contributed by atoms with Crippen molar-refractivity contribution in [3.63, 3.8) is 0 Å². The minimum Gasteiger partial charge on any atom is -0.393 e. The lowest BCUT2D eigenvalue weighted by molar-refractivity contribution is 0.0697. The van der Waals surface area contributed by atoms with Gasteiger partial charge in [0.2, 0.25) is 0 Å². The maximum atomic E-state index is 12.1. The minimum atomic E-state index is -0.243.